The van der Waals surface area contributed by atoms with E-state index in [2.05, 4.69) is 20.7 Å². The Morgan fingerprint density at radius 3 is 2.86 bits per heavy atom. The van der Waals surface area contributed by atoms with Crippen molar-refractivity contribution in [2.45, 2.75) is 26.7 Å². The molecule has 21 heavy (non-hydrogen) atoms. The molecule has 0 unspecified atom stereocenters. The van der Waals surface area contributed by atoms with Gasteiger partial charge in [0.15, 0.2) is 0 Å². The van der Waals surface area contributed by atoms with Crippen LogP contribution in [0.15, 0.2) is 29.4 Å². The highest BCUT2D eigenvalue weighted by Gasteiger charge is 2.08. The van der Waals surface area contributed by atoms with E-state index in [9.17, 15) is 9.90 Å². The molecule has 0 spiro atoms. The van der Waals surface area contributed by atoms with Gasteiger partial charge in [0.05, 0.1) is 11.9 Å². The van der Waals surface area contributed by atoms with Gasteiger partial charge in [-0.3, -0.25) is 9.89 Å². The van der Waals surface area contributed by atoms with E-state index >= 15 is 0 Å². The SMILES string of the molecule is Cc1n[nH]c(C)c1CCC(=O)N/N=C\c1ccccc1O. The van der Waals surface area contributed by atoms with Crippen molar-refractivity contribution in [3.63, 3.8) is 0 Å². The van der Waals surface area contributed by atoms with Crippen LogP contribution >= 0.6 is 0 Å². The second kappa shape index (κ2) is 6.69. The lowest BCUT2D eigenvalue weighted by Gasteiger charge is -2.01. The van der Waals surface area contributed by atoms with E-state index in [1.165, 1.54) is 6.21 Å². The summed E-state index contributed by atoms with van der Waals surface area (Å²) in [4.78, 5) is 11.7. The summed E-state index contributed by atoms with van der Waals surface area (Å²) in [7, 11) is 0. The molecule has 0 bridgehead atoms. The highest BCUT2D eigenvalue weighted by atomic mass is 16.3. The highest BCUT2D eigenvalue weighted by molar-refractivity contribution is 5.85. The molecule has 2 aromatic rings. The van der Waals surface area contributed by atoms with Crippen LogP contribution in [0.25, 0.3) is 0 Å². The van der Waals surface area contributed by atoms with E-state index in [0.29, 0.717) is 18.4 Å². The normalized spacial score (nSPS) is 11.0. The van der Waals surface area contributed by atoms with Crippen molar-refractivity contribution in [3.8, 4) is 5.75 Å². The number of aryl methyl sites for hydroxylation is 2. The van der Waals surface area contributed by atoms with Crippen LogP contribution in [-0.4, -0.2) is 27.4 Å². The summed E-state index contributed by atoms with van der Waals surface area (Å²) >= 11 is 0. The number of carbonyl (C=O) groups excluding carboxylic acids is 1. The number of carbonyl (C=O) groups is 1. The number of hydrazone groups is 1. The molecule has 6 nitrogen and oxygen atoms in total. The molecule has 0 fully saturated rings. The topological polar surface area (TPSA) is 90.4 Å². The van der Waals surface area contributed by atoms with Gasteiger partial charge in [-0.2, -0.15) is 10.2 Å². The van der Waals surface area contributed by atoms with Crippen LogP contribution in [0.1, 0.15) is 28.9 Å². The maximum atomic E-state index is 11.7. The molecule has 0 saturated heterocycles. The van der Waals surface area contributed by atoms with Gasteiger partial charge in [0.1, 0.15) is 5.75 Å². The first-order valence-electron chi connectivity index (χ1n) is 6.68. The lowest BCUT2D eigenvalue weighted by atomic mass is 10.1. The summed E-state index contributed by atoms with van der Waals surface area (Å²) in [6.07, 6.45) is 2.37. The van der Waals surface area contributed by atoms with Crippen LogP contribution in [-0.2, 0) is 11.2 Å². The largest absolute Gasteiger partial charge is 0.507 e. The predicted molar refractivity (Wildman–Crippen MR) is 80.2 cm³/mol. The van der Waals surface area contributed by atoms with Crippen LogP contribution in [0, 0.1) is 13.8 Å². The van der Waals surface area contributed by atoms with Crippen molar-refractivity contribution in [1.82, 2.24) is 15.6 Å². The van der Waals surface area contributed by atoms with Gasteiger partial charge in [0, 0.05) is 17.7 Å². The summed E-state index contributed by atoms with van der Waals surface area (Å²) in [5, 5.41) is 20.4. The zero-order chi connectivity index (χ0) is 15.2. The Labute approximate surface area is 122 Å². The molecule has 0 saturated carbocycles. The average Bonchev–Trinajstić information content (AvgIpc) is 2.78. The molecule has 6 heteroatoms. The highest BCUT2D eigenvalue weighted by Crippen LogP contribution is 2.13. The van der Waals surface area contributed by atoms with Gasteiger partial charge in [-0.15, -0.1) is 0 Å². The number of aromatic hydroxyl groups is 1. The van der Waals surface area contributed by atoms with E-state index < -0.39 is 0 Å². The zero-order valence-corrected chi connectivity index (χ0v) is 12.1. The summed E-state index contributed by atoms with van der Waals surface area (Å²) in [6.45, 7) is 3.84. The molecule has 0 aliphatic rings. The number of hydrogen-bond donors (Lipinski definition) is 3. The lowest BCUT2D eigenvalue weighted by molar-refractivity contribution is -0.121. The molecule has 0 atom stereocenters. The second-order valence-electron chi connectivity index (χ2n) is 4.76. The van der Waals surface area contributed by atoms with Gasteiger partial charge in [0.2, 0.25) is 5.91 Å². The van der Waals surface area contributed by atoms with Crippen LogP contribution < -0.4 is 5.43 Å². The summed E-state index contributed by atoms with van der Waals surface area (Å²) < 4.78 is 0. The van der Waals surface area contributed by atoms with Gasteiger partial charge in [-0.05, 0) is 38.0 Å². The van der Waals surface area contributed by atoms with Crippen molar-refractivity contribution in [2.24, 2.45) is 5.10 Å². The second-order valence-corrected chi connectivity index (χ2v) is 4.76. The number of nitrogens with zero attached hydrogens (tertiary/aromatic N) is 2. The number of amides is 1. The molecule has 1 aromatic heterocycles. The number of aromatic nitrogens is 2. The molecule has 1 amide bonds. The number of rotatable bonds is 5. The number of phenols is 1. The van der Waals surface area contributed by atoms with Crippen molar-refractivity contribution >= 4 is 12.1 Å². The fraction of sp³-hybridized carbons (Fsp3) is 0.267. The van der Waals surface area contributed by atoms with Gasteiger partial charge in [-0.25, -0.2) is 5.43 Å². The Hall–Kier alpha value is -2.63. The molecule has 0 radical (unpaired) electrons. The number of hydrogen-bond acceptors (Lipinski definition) is 4. The number of benzene rings is 1. The van der Waals surface area contributed by atoms with Crippen molar-refractivity contribution in [3.05, 3.63) is 46.8 Å². The standard InChI is InChI=1S/C15H18N4O2/c1-10-13(11(2)18-17-10)7-8-15(21)19-16-9-12-5-3-4-6-14(12)20/h3-6,9,20H,7-8H2,1-2H3,(H,17,18)(H,19,21)/b16-9-. The first-order chi connectivity index (χ1) is 10.1. The van der Waals surface area contributed by atoms with Crippen LogP contribution in [0.4, 0.5) is 0 Å². The molecule has 0 aliphatic carbocycles. The average molecular weight is 286 g/mol. The Morgan fingerprint density at radius 2 is 2.19 bits per heavy atom. The summed E-state index contributed by atoms with van der Waals surface area (Å²) in [6, 6.07) is 6.78. The van der Waals surface area contributed by atoms with Gasteiger partial charge < -0.3 is 5.11 Å². The number of aromatic amines is 1. The smallest absolute Gasteiger partial charge is 0.240 e. The van der Waals surface area contributed by atoms with E-state index in [1.807, 2.05) is 13.8 Å². The third-order valence-corrected chi connectivity index (χ3v) is 3.21. The molecular weight excluding hydrogens is 268 g/mol. The predicted octanol–water partition coefficient (Wildman–Crippen LogP) is 1.82. The van der Waals surface area contributed by atoms with Crippen molar-refractivity contribution in [2.75, 3.05) is 0 Å². The minimum absolute atomic E-state index is 0.125. The van der Waals surface area contributed by atoms with E-state index in [1.54, 1.807) is 24.3 Å². The fourth-order valence-electron chi connectivity index (χ4n) is 2.01. The molecule has 2 rings (SSSR count). The van der Waals surface area contributed by atoms with Crippen molar-refractivity contribution < 1.29 is 9.90 Å². The summed E-state index contributed by atoms with van der Waals surface area (Å²) in [5.41, 5.74) is 5.97. The Morgan fingerprint density at radius 1 is 1.43 bits per heavy atom. The third-order valence-electron chi connectivity index (χ3n) is 3.21. The monoisotopic (exact) mass is 286 g/mol. The molecule has 3 N–H and O–H groups in total. The first kappa shape index (κ1) is 14.8. The number of para-hydroxylation sites is 1. The fourth-order valence-corrected chi connectivity index (χ4v) is 2.01. The maximum absolute atomic E-state index is 11.7. The molecule has 1 aromatic carbocycles. The van der Waals surface area contributed by atoms with Gasteiger partial charge in [-0.1, -0.05) is 12.1 Å². The molecule has 1 heterocycles. The number of H-pyrrole nitrogens is 1. The van der Waals surface area contributed by atoms with E-state index in [0.717, 1.165) is 17.0 Å². The molecular formula is C15H18N4O2. The first-order valence-corrected chi connectivity index (χ1v) is 6.68. The quantitative estimate of drug-likeness (QED) is 0.578. The van der Waals surface area contributed by atoms with Crippen molar-refractivity contribution in [1.29, 1.82) is 0 Å². The molecule has 110 valence electrons. The van der Waals surface area contributed by atoms with E-state index in [4.69, 9.17) is 0 Å². The van der Waals surface area contributed by atoms with E-state index in [-0.39, 0.29) is 11.7 Å². The number of phenolic OH excluding ortho intramolecular Hbond substituents is 1. The maximum Gasteiger partial charge on any atom is 0.240 e. The number of nitrogens with one attached hydrogen (secondary N) is 2. The minimum atomic E-state index is -0.179. The lowest BCUT2D eigenvalue weighted by Crippen LogP contribution is -2.18. The Bertz CT molecular complexity index is 642. The summed E-state index contributed by atoms with van der Waals surface area (Å²) in [5.74, 6) is -0.0539. The van der Waals surface area contributed by atoms with Crippen LogP contribution in [0.3, 0.4) is 0 Å². The Balaban J connectivity index is 1.84. The zero-order valence-electron chi connectivity index (χ0n) is 12.1. The third kappa shape index (κ3) is 3.92. The van der Waals surface area contributed by atoms with Crippen LogP contribution in [0.5, 0.6) is 5.75 Å². The minimum Gasteiger partial charge on any atom is -0.507 e. The van der Waals surface area contributed by atoms with Gasteiger partial charge >= 0.3 is 0 Å². The van der Waals surface area contributed by atoms with Crippen LogP contribution in [0.2, 0.25) is 0 Å². The molecule has 0 aliphatic heterocycles. The van der Waals surface area contributed by atoms with Gasteiger partial charge in [0.25, 0.3) is 0 Å². The Kier molecular flexibility index (Phi) is 4.71.